The Kier molecular flexibility index (Phi) is 5.66. The summed E-state index contributed by atoms with van der Waals surface area (Å²) in [4.78, 5) is 9.74. The smallest absolute Gasteiger partial charge is 0.314 e. The van der Waals surface area contributed by atoms with Crippen LogP contribution in [0, 0.1) is 10.1 Å². The summed E-state index contributed by atoms with van der Waals surface area (Å²) in [5, 5.41) is 37.7. The van der Waals surface area contributed by atoms with Crippen LogP contribution < -0.4 is 5.73 Å². The first kappa shape index (κ1) is 15.4. The molecule has 0 heterocycles. The molecule has 0 bridgehead atoms. The van der Waals surface area contributed by atoms with E-state index in [1.165, 1.54) is 0 Å². The predicted octanol–water partition coefficient (Wildman–Crippen LogP) is 0.810. The lowest BCUT2D eigenvalue weighted by molar-refractivity contribution is -0.386. The summed E-state index contributed by atoms with van der Waals surface area (Å²) < 4.78 is 0. The predicted molar refractivity (Wildman–Crippen MR) is 62.3 cm³/mol. The second-order valence-corrected chi connectivity index (χ2v) is 3.28. The topological polar surface area (TPSA) is 130 Å². The van der Waals surface area contributed by atoms with E-state index < -0.39 is 28.2 Å². The minimum Gasteiger partial charge on any atom is -0.504 e. The van der Waals surface area contributed by atoms with E-state index in [4.69, 9.17) is 10.8 Å². The van der Waals surface area contributed by atoms with Crippen molar-refractivity contribution in [1.29, 1.82) is 0 Å². The van der Waals surface area contributed by atoms with E-state index in [0.717, 1.165) is 12.1 Å². The van der Waals surface area contributed by atoms with Crippen LogP contribution in [-0.4, -0.2) is 26.8 Å². The molecule has 0 amide bonds. The molecule has 0 radical (unpaired) electrons. The third-order valence-corrected chi connectivity index (χ3v) is 2.16. The molecule has 0 aliphatic carbocycles. The summed E-state index contributed by atoms with van der Waals surface area (Å²) in [5.41, 5.74) is 5.30. The SMILES string of the molecule is Cl.N[C@@H](CCO)c1cc(O)c(O)c([N+](=O)[O-])c1. The Morgan fingerprint density at radius 2 is 2.00 bits per heavy atom. The van der Waals surface area contributed by atoms with E-state index >= 15 is 0 Å². The lowest BCUT2D eigenvalue weighted by Crippen LogP contribution is -2.12. The van der Waals surface area contributed by atoms with Crippen molar-refractivity contribution in [2.24, 2.45) is 5.73 Å². The highest BCUT2D eigenvalue weighted by Gasteiger charge is 2.20. The first-order valence-electron chi connectivity index (χ1n) is 4.54. The standard InChI is InChI=1S/C9H12N2O5.ClH/c10-6(1-2-12)5-3-7(11(15)16)9(14)8(13)4-5;/h3-4,6,12-14H,1-2,10H2;1H/t6-;/m0./s1. The van der Waals surface area contributed by atoms with Gasteiger partial charge in [-0.15, -0.1) is 12.4 Å². The number of benzene rings is 1. The molecular formula is C9H13ClN2O5. The number of nitrogens with two attached hydrogens (primary N) is 1. The molecule has 96 valence electrons. The lowest BCUT2D eigenvalue weighted by Gasteiger charge is -2.11. The molecule has 0 fully saturated rings. The fourth-order valence-corrected chi connectivity index (χ4v) is 1.28. The summed E-state index contributed by atoms with van der Waals surface area (Å²) >= 11 is 0. The van der Waals surface area contributed by atoms with Gasteiger partial charge in [0.25, 0.3) is 0 Å². The third-order valence-electron chi connectivity index (χ3n) is 2.16. The van der Waals surface area contributed by atoms with E-state index in [2.05, 4.69) is 0 Å². The van der Waals surface area contributed by atoms with Crippen molar-refractivity contribution in [2.75, 3.05) is 6.61 Å². The van der Waals surface area contributed by atoms with Gasteiger partial charge in [-0.05, 0) is 18.1 Å². The number of rotatable bonds is 4. The van der Waals surface area contributed by atoms with Crippen LogP contribution in [0.3, 0.4) is 0 Å². The summed E-state index contributed by atoms with van der Waals surface area (Å²) in [7, 11) is 0. The van der Waals surface area contributed by atoms with Gasteiger partial charge in [-0.1, -0.05) is 0 Å². The minimum atomic E-state index is -0.815. The average molecular weight is 265 g/mol. The number of halogens is 1. The maximum absolute atomic E-state index is 10.6. The second kappa shape index (κ2) is 6.24. The van der Waals surface area contributed by atoms with Crippen LogP contribution >= 0.6 is 12.4 Å². The Bertz CT molecular complexity index is 413. The van der Waals surface area contributed by atoms with Gasteiger partial charge in [-0.3, -0.25) is 10.1 Å². The first-order chi connectivity index (χ1) is 7.47. The molecule has 5 N–H and O–H groups in total. The molecule has 1 rings (SSSR count). The van der Waals surface area contributed by atoms with Gasteiger partial charge in [-0.25, -0.2) is 0 Å². The van der Waals surface area contributed by atoms with Crippen LogP contribution in [-0.2, 0) is 0 Å². The number of phenols is 2. The van der Waals surface area contributed by atoms with Crippen LogP contribution in [0.25, 0.3) is 0 Å². The molecule has 7 nitrogen and oxygen atoms in total. The number of aliphatic hydroxyl groups is 1. The van der Waals surface area contributed by atoms with Gasteiger partial charge < -0.3 is 21.1 Å². The van der Waals surface area contributed by atoms with Gasteiger partial charge in [0.1, 0.15) is 0 Å². The number of nitro benzene ring substituents is 1. The molecule has 0 saturated carbocycles. The zero-order chi connectivity index (χ0) is 12.3. The molecule has 0 aliphatic rings. The maximum atomic E-state index is 10.6. The van der Waals surface area contributed by atoms with Gasteiger partial charge in [-0.2, -0.15) is 0 Å². The van der Waals surface area contributed by atoms with Crippen LogP contribution in [0.4, 0.5) is 5.69 Å². The molecule has 1 aromatic rings. The number of aliphatic hydroxyl groups excluding tert-OH is 1. The van der Waals surface area contributed by atoms with Crippen LogP contribution in [0.1, 0.15) is 18.0 Å². The van der Waals surface area contributed by atoms with Crippen LogP contribution in [0.5, 0.6) is 11.5 Å². The molecule has 0 aliphatic heterocycles. The van der Waals surface area contributed by atoms with Crippen molar-refractivity contribution in [3.8, 4) is 11.5 Å². The van der Waals surface area contributed by atoms with E-state index in [0.29, 0.717) is 0 Å². The lowest BCUT2D eigenvalue weighted by atomic mass is 10.0. The van der Waals surface area contributed by atoms with E-state index in [-0.39, 0.29) is 31.0 Å². The van der Waals surface area contributed by atoms with Gasteiger partial charge in [0.15, 0.2) is 5.75 Å². The summed E-state index contributed by atoms with van der Waals surface area (Å²) in [6, 6.07) is 1.59. The van der Waals surface area contributed by atoms with Crippen molar-refractivity contribution in [2.45, 2.75) is 12.5 Å². The normalized spacial score (nSPS) is 11.6. The highest BCUT2D eigenvalue weighted by Crippen LogP contribution is 2.37. The Morgan fingerprint density at radius 1 is 1.41 bits per heavy atom. The van der Waals surface area contributed by atoms with Crippen LogP contribution in [0.2, 0.25) is 0 Å². The van der Waals surface area contributed by atoms with Crippen molar-refractivity contribution in [3.05, 3.63) is 27.8 Å². The summed E-state index contributed by atoms with van der Waals surface area (Å²) in [5.74, 6) is -1.39. The quantitative estimate of drug-likeness (QED) is 0.362. The number of aromatic hydroxyl groups is 2. The molecule has 17 heavy (non-hydrogen) atoms. The van der Waals surface area contributed by atoms with Gasteiger partial charge in [0.05, 0.1) is 4.92 Å². The first-order valence-corrected chi connectivity index (χ1v) is 4.54. The van der Waals surface area contributed by atoms with Gasteiger partial charge in [0, 0.05) is 18.7 Å². The van der Waals surface area contributed by atoms with Gasteiger partial charge >= 0.3 is 5.69 Å². The Balaban J connectivity index is 0.00000256. The van der Waals surface area contributed by atoms with Crippen LogP contribution in [0.15, 0.2) is 12.1 Å². The molecule has 0 aromatic heterocycles. The summed E-state index contributed by atoms with van der Waals surface area (Å²) in [6.07, 6.45) is 0.210. The Morgan fingerprint density at radius 3 is 2.47 bits per heavy atom. The highest BCUT2D eigenvalue weighted by atomic mass is 35.5. The minimum absolute atomic E-state index is 0. The van der Waals surface area contributed by atoms with Gasteiger partial charge in [0.2, 0.25) is 5.75 Å². The number of nitrogens with zero attached hydrogens (tertiary/aromatic N) is 1. The third kappa shape index (κ3) is 3.45. The van der Waals surface area contributed by atoms with Crippen molar-refractivity contribution >= 4 is 18.1 Å². The van der Waals surface area contributed by atoms with E-state index in [9.17, 15) is 20.3 Å². The Hall–Kier alpha value is -1.57. The zero-order valence-electron chi connectivity index (χ0n) is 8.74. The van der Waals surface area contributed by atoms with Crippen molar-refractivity contribution in [3.63, 3.8) is 0 Å². The highest BCUT2D eigenvalue weighted by molar-refractivity contribution is 5.85. The largest absolute Gasteiger partial charge is 0.504 e. The number of phenolic OH excluding ortho intramolecular Hbond substituents is 2. The molecule has 0 spiro atoms. The van der Waals surface area contributed by atoms with Crippen molar-refractivity contribution < 1.29 is 20.2 Å². The molecule has 1 aromatic carbocycles. The molecule has 0 saturated heterocycles. The fourth-order valence-electron chi connectivity index (χ4n) is 1.28. The number of hydrogen-bond acceptors (Lipinski definition) is 6. The van der Waals surface area contributed by atoms with E-state index in [1.54, 1.807) is 0 Å². The molecule has 1 atom stereocenters. The fraction of sp³-hybridized carbons (Fsp3) is 0.333. The number of hydrogen-bond donors (Lipinski definition) is 4. The molecular weight excluding hydrogens is 252 g/mol. The monoisotopic (exact) mass is 264 g/mol. The Labute approximate surface area is 103 Å². The zero-order valence-corrected chi connectivity index (χ0v) is 9.55. The summed E-state index contributed by atoms with van der Waals surface area (Å²) in [6.45, 7) is -0.170. The molecule has 0 unspecified atom stereocenters. The van der Waals surface area contributed by atoms with E-state index in [1.807, 2.05) is 0 Å². The number of nitro groups is 1. The second-order valence-electron chi connectivity index (χ2n) is 3.28. The molecule has 8 heteroatoms. The maximum Gasteiger partial charge on any atom is 0.314 e. The van der Waals surface area contributed by atoms with Crippen molar-refractivity contribution in [1.82, 2.24) is 0 Å². The average Bonchev–Trinajstić information content (AvgIpc) is 2.21.